The van der Waals surface area contributed by atoms with E-state index in [0.29, 0.717) is 6.29 Å². The fraction of sp³-hybridized carbons (Fsp3) is 0.200. The third-order valence-electron chi connectivity index (χ3n) is 1.71. The van der Waals surface area contributed by atoms with Crippen LogP contribution in [-0.2, 0) is 4.74 Å². The Morgan fingerprint density at radius 2 is 1.93 bits per heavy atom. The number of hydrogen-bond donors (Lipinski definition) is 0. The summed E-state index contributed by atoms with van der Waals surface area (Å²) in [6, 6.07) is 2.71. The molecule has 5 heteroatoms. The summed E-state index contributed by atoms with van der Waals surface area (Å²) in [5, 5.41) is 0.279. The molecule has 0 unspecified atom stereocenters. The highest BCUT2D eigenvalue weighted by molar-refractivity contribution is 6.38. The van der Waals surface area contributed by atoms with Gasteiger partial charge in [-0.05, 0) is 19.1 Å². The third-order valence-corrected chi connectivity index (χ3v) is 2.33. The van der Waals surface area contributed by atoms with Gasteiger partial charge in [-0.15, -0.1) is 0 Å². The second-order valence-corrected chi connectivity index (χ2v) is 3.51. The van der Waals surface area contributed by atoms with Crippen LogP contribution in [0.25, 0.3) is 0 Å². The van der Waals surface area contributed by atoms with Gasteiger partial charge in [-0.3, -0.25) is 4.79 Å². The zero-order chi connectivity index (χ0) is 11.4. The van der Waals surface area contributed by atoms with Crippen LogP contribution in [0.5, 0.6) is 0 Å². The second-order valence-electron chi connectivity index (χ2n) is 2.69. The predicted octanol–water partition coefficient (Wildman–Crippen LogP) is 2.98. The van der Waals surface area contributed by atoms with E-state index < -0.39 is 5.97 Å². The Morgan fingerprint density at radius 3 is 2.33 bits per heavy atom. The van der Waals surface area contributed by atoms with Crippen molar-refractivity contribution in [3.05, 3.63) is 33.3 Å². The molecule has 0 aromatic heterocycles. The minimum Gasteiger partial charge on any atom is -0.462 e. The van der Waals surface area contributed by atoms with Crippen LogP contribution in [-0.4, -0.2) is 18.9 Å². The summed E-state index contributed by atoms with van der Waals surface area (Å²) in [6.07, 6.45) is 0.541. The van der Waals surface area contributed by atoms with Crippen LogP contribution in [0.15, 0.2) is 12.1 Å². The van der Waals surface area contributed by atoms with Gasteiger partial charge in [0.1, 0.15) is 0 Å². The fourth-order valence-corrected chi connectivity index (χ4v) is 1.61. The van der Waals surface area contributed by atoms with Crippen LogP contribution in [0.2, 0.25) is 10.0 Å². The summed E-state index contributed by atoms with van der Waals surface area (Å²) < 4.78 is 4.77. The standard InChI is InChI=1S/C10H8Cl2O3/c1-2-15-10(14)6-3-8(11)7(5-13)9(12)4-6/h3-5H,2H2,1H3. The number of benzene rings is 1. The molecule has 0 amide bonds. The number of rotatable bonds is 3. The first-order chi connectivity index (χ1) is 7.10. The van der Waals surface area contributed by atoms with Gasteiger partial charge in [0, 0.05) is 0 Å². The van der Waals surface area contributed by atoms with Gasteiger partial charge in [-0.2, -0.15) is 0 Å². The SMILES string of the molecule is CCOC(=O)c1cc(Cl)c(C=O)c(Cl)c1. The van der Waals surface area contributed by atoms with Crippen molar-refractivity contribution in [3.8, 4) is 0 Å². The molecule has 0 atom stereocenters. The minimum absolute atomic E-state index is 0.139. The number of hydrogen-bond acceptors (Lipinski definition) is 3. The van der Waals surface area contributed by atoms with Gasteiger partial charge in [-0.1, -0.05) is 23.2 Å². The van der Waals surface area contributed by atoms with Crippen molar-refractivity contribution in [2.24, 2.45) is 0 Å². The number of aldehydes is 1. The molecule has 0 radical (unpaired) electrons. The zero-order valence-corrected chi connectivity index (χ0v) is 9.43. The van der Waals surface area contributed by atoms with E-state index in [1.807, 2.05) is 0 Å². The Balaban J connectivity index is 3.13. The lowest BCUT2D eigenvalue weighted by atomic mass is 10.1. The zero-order valence-electron chi connectivity index (χ0n) is 7.92. The summed E-state index contributed by atoms with van der Waals surface area (Å²) in [6.45, 7) is 1.96. The van der Waals surface area contributed by atoms with Crippen molar-refractivity contribution >= 4 is 35.5 Å². The highest BCUT2D eigenvalue weighted by Crippen LogP contribution is 2.25. The smallest absolute Gasteiger partial charge is 0.338 e. The van der Waals surface area contributed by atoms with E-state index in [2.05, 4.69) is 0 Å². The molecule has 0 saturated heterocycles. The molecular weight excluding hydrogens is 239 g/mol. The predicted molar refractivity (Wildman–Crippen MR) is 57.8 cm³/mol. The van der Waals surface area contributed by atoms with Crippen LogP contribution in [0.1, 0.15) is 27.6 Å². The highest BCUT2D eigenvalue weighted by Gasteiger charge is 2.12. The van der Waals surface area contributed by atoms with Crippen molar-refractivity contribution in [2.75, 3.05) is 6.61 Å². The van der Waals surface area contributed by atoms with Crippen molar-refractivity contribution in [2.45, 2.75) is 6.92 Å². The van der Waals surface area contributed by atoms with E-state index in [1.54, 1.807) is 6.92 Å². The number of carbonyl (C=O) groups excluding carboxylic acids is 2. The normalized spacial score (nSPS) is 9.80. The minimum atomic E-state index is -0.515. The van der Waals surface area contributed by atoms with Gasteiger partial charge in [0.15, 0.2) is 6.29 Å². The average Bonchev–Trinajstić information content (AvgIpc) is 2.17. The van der Waals surface area contributed by atoms with Gasteiger partial charge in [-0.25, -0.2) is 4.79 Å². The summed E-state index contributed by atoms with van der Waals surface area (Å²) in [5.74, 6) is -0.515. The molecule has 0 bridgehead atoms. The highest BCUT2D eigenvalue weighted by atomic mass is 35.5. The second kappa shape index (κ2) is 5.14. The lowest BCUT2D eigenvalue weighted by Gasteiger charge is -2.05. The monoisotopic (exact) mass is 246 g/mol. The molecule has 1 rings (SSSR count). The summed E-state index contributed by atoms with van der Waals surface area (Å²) in [7, 11) is 0. The van der Waals surface area contributed by atoms with E-state index in [-0.39, 0.29) is 27.8 Å². The molecule has 0 N–H and O–H groups in total. The van der Waals surface area contributed by atoms with Crippen LogP contribution < -0.4 is 0 Å². The molecule has 1 aromatic rings. The molecule has 0 spiro atoms. The van der Waals surface area contributed by atoms with Crippen LogP contribution in [0, 0.1) is 0 Å². The maximum absolute atomic E-state index is 11.3. The maximum Gasteiger partial charge on any atom is 0.338 e. The molecule has 80 valence electrons. The summed E-state index contributed by atoms with van der Waals surface area (Å²) in [5.41, 5.74) is 0.406. The van der Waals surface area contributed by atoms with Gasteiger partial charge in [0.2, 0.25) is 0 Å². The largest absolute Gasteiger partial charge is 0.462 e. The Hall–Kier alpha value is -1.06. The molecule has 1 aromatic carbocycles. The fourth-order valence-electron chi connectivity index (χ4n) is 1.03. The number of esters is 1. The average molecular weight is 247 g/mol. The molecular formula is C10H8Cl2O3. The quantitative estimate of drug-likeness (QED) is 0.609. The molecule has 15 heavy (non-hydrogen) atoms. The molecule has 3 nitrogen and oxygen atoms in total. The van der Waals surface area contributed by atoms with E-state index in [4.69, 9.17) is 27.9 Å². The van der Waals surface area contributed by atoms with Gasteiger partial charge >= 0.3 is 5.97 Å². The maximum atomic E-state index is 11.3. The third kappa shape index (κ3) is 2.70. The van der Waals surface area contributed by atoms with Crippen molar-refractivity contribution in [1.82, 2.24) is 0 Å². The summed E-state index contributed by atoms with van der Waals surface area (Å²) in [4.78, 5) is 21.9. The van der Waals surface area contributed by atoms with Crippen LogP contribution in [0.4, 0.5) is 0 Å². The van der Waals surface area contributed by atoms with Gasteiger partial charge in [0.05, 0.1) is 27.8 Å². The van der Waals surface area contributed by atoms with E-state index >= 15 is 0 Å². The molecule has 0 aliphatic rings. The van der Waals surface area contributed by atoms with E-state index in [9.17, 15) is 9.59 Å². The lowest BCUT2D eigenvalue weighted by molar-refractivity contribution is 0.0526. The van der Waals surface area contributed by atoms with Crippen molar-refractivity contribution < 1.29 is 14.3 Å². The first-order valence-electron chi connectivity index (χ1n) is 4.21. The van der Waals surface area contributed by atoms with E-state index in [1.165, 1.54) is 12.1 Å². The molecule has 0 aliphatic carbocycles. The first-order valence-corrected chi connectivity index (χ1v) is 4.97. The van der Waals surface area contributed by atoms with Crippen LogP contribution >= 0.6 is 23.2 Å². The summed E-state index contributed by atoms with van der Waals surface area (Å²) >= 11 is 11.5. The topological polar surface area (TPSA) is 43.4 Å². The molecule has 0 heterocycles. The van der Waals surface area contributed by atoms with Gasteiger partial charge in [0.25, 0.3) is 0 Å². The number of halogens is 2. The van der Waals surface area contributed by atoms with Crippen molar-refractivity contribution in [1.29, 1.82) is 0 Å². The molecule has 0 fully saturated rings. The first kappa shape index (κ1) is 12.0. The van der Waals surface area contributed by atoms with E-state index in [0.717, 1.165) is 0 Å². The van der Waals surface area contributed by atoms with Crippen LogP contribution in [0.3, 0.4) is 0 Å². The van der Waals surface area contributed by atoms with Gasteiger partial charge < -0.3 is 4.74 Å². The van der Waals surface area contributed by atoms with Crippen molar-refractivity contribution in [3.63, 3.8) is 0 Å². The Morgan fingerprint density at radius 1 is 1.40 bits per heavy atom. The number of ether oxygens (including phenoxy) is 1. The Bertz CT molecular complexity index is 379. The molecule has 0 aliphatic heterocycles. The Labute approximate surface area is 96.9 Å². The molecule has 0 saturated carbocycles. The number of carbonyl (C=O) groups is 2. The lowest BCUT2D eigenvalue weighted by Crippen LogP contribution is -2.05. The Kier molecular flexibility index (Phi) is 4.12.